The fraction of sp³-hybridized carbons (Fsp3) is 0.696. The molecule has 2 N–H and O–H groups in total. The second kappa shape index (κ2) is 9.45. The summed E-state index contributed by atoms with van der Waals surface area (Å²) in [7, 11) is 0. The maximum absolute atomic E-state index is 13.6. The highest BCUT2D eigenvalue weighted by Gasteiger charge is 2.45. The Morgan fingerprint density at radius 3 is 2.41 bits per heavy atom. The molecule has 2 unspecified atom stereocenters. The molecule has 0 spiro atoms. The normalized spacial score (nSPS) is 26.3. The van der Waals surface area contributed by atoms with Crippen LogP contribution in [-0.4, -0.2) is 78.2 Å². The quantitative estimate of drug-likeness (QED) is 0.798. The van der Waals surface area contributed by atoms with Gasteiger partial charge >= 0.3 is 6.03 Å². The van der Waals surface area contributed by atoms with Crippen LogP contribution in [0.3, 0.4) is 0 Å². The average molecular weight is 401 g/mol. The highest BCUT2D eigenvalue weighted by molar-refractivity contribution is 5.78. The summed E-state index contributed by atoms with van der Waals surface area (Å²) in [5.74, 6) is 0. The molecule has 3 fully saturated rings. The van der Waals surface area contributed by atoms with Crippen molar-refractivity contribution in [3.8, 4) is 0 Å². The first-order valence-electron chi connectivity index (χ1n) is 11.3. The van der Waals surface area contributed by atoms with Crippen molar-refractivity contribution in [3.63, 3.8) is 0 Å². The molecular weight excluding hydrogens is 364 g/mol. The molecule has 3 aliphatic heterocycles. The van der Waals surface area contributed by atoms with Gasteiger partial charge in [-0.3, -0.25) is 0 Å². The molecule has 3 aliphatic rings. The van der Waals surface area contributed by atoms with Crippen LogP contribution >= 0.6 is 0 Å². The van der Waals surface area contributed by atoms with Gasteiger partial charge in [-0.1, -0.05) is 30.3 Å². The molecular formula is C23H36N4O2. The summed E-state index contributed by atoms with van der Waals surface area (Å²) in [4.78, 5) is 20.5. The molecule has 0 saturated carbocycles. The zero-order valence-corrected chi connectivity index (χ0v) is 17.7. The predicted octanol–water partition coefficient (Wildman–Crippen LogP) is 2.85. The van der Waals surface area contributed by atoms with E-state index in [1.807, 2.05) is 0 Å². The molecule has 0 bridgehead atoms. The van der Waals surface area contributed by atoms with Gasteiger partial charge in [0.2, 0.25) is 0 Å². The second-order valence-electron chi connectivity index (χ2n) is 8.81. The van der Waals surface area contributed by atoms with E-state index >= 15 is 0 Å². The van der Waals surface area contributed by atoms with Crippen molar-refractivity contribution in [1.82, 2.24) is 14.7 Å². The van der Waals surface area contributed by atoms with E-state index in [4.69, 9.17) is 10.5 Å². The number of benzene rings is 1. The number of likely N-dealkylation sites (tertiary alicyclic amines) is 1. The number of nitrogens with zero attached hydrogens (tertiary/aromatic N) is 3. The summed E-state index contributed by atoms with van der Waals surface area (Å²) in [5, 5.41) is 0. The molecule has 2 atom stereocenters. The molecule has 3 heterocycles. The largest absolute Gasteiger partial charge is 0.381 e. The lowest BCUT2D eigenvalue weighted by atomic mass is 9.98. The highest BCUT2D eigenvalue weighted by atomic mass is 16.5. The summed E-state index contributed by atoms with van der Waals surface area (Å²) in [6.45, 7) is 7.44. The maximum atomic E-state index is 13.6. The first-order chi connectivity index (χ1) is 14.2. The first kappa shape index (κ1) is 20.6. The van der Waals surface area contributed by atoms with Crippen molar-refractivity contribution in [3.05, 3.63) is 35.9 Å². The molecule has 2 amide bonds. The summed E-state index contributed by atoms with van der Waals surface area (Å²) >= 11 is 0. The third-order valence-electron chi connectivity index (χ3n) is 7.09. The molecule has 6 nitrogen and oxygen atoms in total. The SMILES string of the molecule is CC(CCN)N1CCC(N2C(=O)N(C3CCOCC3)CC2c2ccccc2)CC1. The van der Waals surface area contributed by atoms with E-state index in [1.54, 1.807) is 0 Å². The van der Waals surface area contributed by atoms with Crippen LogP contribution in [0.4, 0.5) is 4.79 Å². The monoisotopic (exact) mass is 400 g/mol. The molecule has 29 heavy (non-hydrogen) atoms. The highest BCUT2D eigenvalue weighted by Crippen LogP contribution is 2.37. The Morgan fingerprint density at radius 1 is 1.07 bits per heavy atom. The number of carbonyl (C=O) groups excluding carboxylic acids is 1. The van der Waals surface area contributed by atoms with Gasteiger partial charge < -0.3 is 25.2 Å². The van der Waals surface area contributed by atoms with Crippen molar-refractivity contribution < 1.29 is 9.53 Å². The summed E-state index contributed by atoms with van der Waals surface area (Å²) < 4.78 is 5.54. The number of amides is 2. The minimum atomic E-state index is 0.157. The van der Waals surface area contributed by atoms with Crippen molar-refractivity contribution in [1.29, 1.82) is 0 Å². The van der Waals surface area contributed by atoms with Crippen LogP contribution in [0.15, 0.2) is 30.3 Å². The lowest BCUT2D eigenvalue weighted by molar-refractivity contribution is 0.0490. The lowest BCUT2D eigenvalue weighted by Gasteiger charge is -2.41. The van der Waals surface area contributed by atoms with E-state index in [2.05, 4.69) is 52.0 Å². The Labute approximate surface area is 175 Å². The second-order valence-corrected chi connectivity index (χ2v) is 8.81. The van der Waals surface area contributed by atoms with Crippen LogP contribution in [0, 0.1) is 0 Å². The van der Waals surface area contributed by atoms with Gasteiger partial charge in [0.05, 0.1) is 6.04 Å². The summed E-state index contributed by atoms with van der Waals surface area (Å²) in [5.41, 5.74) is 7.01. The molecule has 0 radical (unpaired) electrons. The molecule has 0 aromatic heterocycles. The summed E-state index contributed by atoms with van der Waals surface area (Å²) in [6.07, 6.45) is 5.04. The van der Waals surface area contributed by atoms with Crippen LogP contribution < -0.4 is 5.73 Å². The van der Waals surface area contributed by atoms with Gasteiger partial charge in [-0.25, -0.2) is 4.79 Å². The number of piperidine rings is 1. The number of urea groups is 1. The standard InChI is InChI=1S/C23H36N4O2/c1-18(7-12-24)25-13-8-21(9-14-25)27-22(19-5-3-2-4-6-19)17-26(23(27)28)20-10-15-29-16-11-20/h2-6,18,20-22H,7-17,24H2,1H3. The number of rotatable bonds is 6. The fourth-order valence-corrected chi connectivity index (χ4v) is 5.32. The molecule has 160 valence electrons. The zero-order chi connectivity index (χ0) is 20.2. The van der Waals surface area contributed by atoms with E-state index < -0.39 is 0 Å². The predicted molar refractivity (Wildman–Crippen MR) is 115 cm³/mol. The third kappa shape index (κ3) is 4.44. The van der Waals surface area contributed by atoms with Gasteiger partial charge in [0.1, 0.15) is 0 Å². The first-order valence-corrected chi connectivity index (χ1v) is 11.3. The van der Waals surface area contributed by atoms with E-state index in [0.717, 1.165) is 71.5 Å². The molecule has 0 aliphatic carbocycles. The van der Waals surface area contributed by atoms with E-state index in [-0.39, 0.29) is 12.1 Å². The number of hydrogen-bond acceptors (Lipinski definition) is 4. The molecule has 4 rings (SSSR count). The van der Waals surface area contributed by atoms with E-state index in [0.29, 0.717) is 18.1 Å². The Balaban J connectivity index is 1.50. The Morgan fingerprint density at radius 2 is 1.76 bits per heavy atom. The fourth-order valence-electron chi connectivity index (χ4n) is 5.32. The number of nitrogens with two attached hydrogens (primary N) is 1. The van der Waals surface area contributed by atoms with Crippen molar-refractivity contribution >= 4 is 6.03 Å². The van der Waals surface area contributed by atoms with Crippen LogP contribution in [0.2, 0.25) is 0 Å². The summed E-state index contributed by atoms with van der Waals surface area (Å²) in [6, 6.07) is 12.1. The van der Waals surface area contributed by atoms with Gasteiger partial charge in [0.25, 0.3) is 0 Å². The van der Waals surface area contributed by atoms with Crippen LogP contribution in [0.25, 0.3) is 0 Å². The van der Waals surface area contributed by atoms with Crippen molar-refractivity contribution in [2.75, 3.05) is 39.4 Å². The van der Waals surface area contributed by atoms with E-state index in [1.165, 1.54) is 5.56 Å². The van der Waals surface area contributed by atoms with Gasteiger partial charge in [0, 0.05) is 51.0 Å². The Bertz CT molecular complexity index is 656. The third-order valence-corrected chi connectivity index (χ3v) is 7.09. The molecule has 3 saturated heterocycles. The maximum Gasteiger partial charge on any atom is 0.321 e. The van der Waals surface area contributed by atoms with Crippen molar-refractivity contribution in [2.24, 2.45) is 5.73 Å². The van der Waals surface area contributed by atoms with Crippen LogP contribution in [-0.2, 0) is 4.74 Å². The number of ether oxygens (including phenoxy) is 1. The Hall–Kier alpha value is -1.63. The molecule has 1 aromatic rings. The van der Waals surface area contributed by atoms with Crippen molar-refractivity contribution in [2.45, 2.75) is 63.2 Å². The van der Waals surface area contributed by atoms with Gasteiger partial charge in [-0.05, 0) is 51.1 Å². The molecule has 1 aromatic carbocycles. The minimum absolute atomic E-state index is 0.157. The smallest absolute Gasteiger partial charge is 0.321 e. The van der Waals surface area contributed by atoms with Crippen LogP contribution in [0.1, 0.15) is 50.6 Å². The Kier molecular flexibility index (Phi) is 6.73. The van der Waals surface area contributed by atoms with E-state index in [9.17, 15) is 4.79 Å². The van der Waals surface area contributed by atoms with Gasteiger partial charge in [0.15, 0.2) is 0 Å². The lowest BCUT2D eigenvalue weighted by Crippen LogP contribution is -2.50. The zero-order valence-electron chi connectivity index (χ0n) is 17.7. The van der Waals surface area contributed by atoms with Gasteiger partial charge in [-0.2, -0.15) is 0 Å². The molecule has 6 heteroatoms. The number of hydrogen-bond donors (Lipinski definition) is 1. The topological polar surface area (TPSA) is 62.0 Å². The minimum Gasteiger partial charge on any atom is -0.381 e. The average Bonchev–Trinajstić information content (AvgIpc) is 3.12. The van der Waals surface area contributed by atoms with Gasteiger partial charge in [-0.15, -0.1) is 0 Å². The van der Waals surface area contributed by atoms with Crippen LogP contribution in [0.5, 0.6) is 0 Å². The number of carbonyl (C=O) groups is 1.